The van der Waals surface area contributed by atoms with Crippen LogP contribution in [0.4, 0.5) is 4.79 Å². The van der Waals surface area contributed by atoms with Crippen molar-refractivity contribution in [3.05, 3.63) is 0 Å². The molecule has 0 spiro atoms. The van der Waals surface area contributed by atoms with Gasteiger partial charge in [-0.3, -0.25) is 0 Å². The summed E-state index contributed by atoms with van der Waals surface area (Å²) in [5, 5.41) is 4.62. The van der Waals surface area contributed by atoms with Crippen molar-refractivity contribution < 1.29 is 4.79 Å². The van der Waals surface area contributed by atoms with Crippen LogP contribution in [0.15, 0.2) is 0 Å². The molecule has 7 aliphatic carbocycles. The summed E-state index contributed by atoms with van der Waals surface area (Å²) in [6.07, 6.45) is 16.3. The van der Waals surface area contributed by atoms with Gasteiger partial charge in [-0.15, -0.1) is 0 Å². The number of hydrogen-bond donors (Lipinski definition) is 0. The van der Waals surface area contributed by atoms with Gasteiger partial charge in [0.05, 0.1) is 11.1 Å². The quantitative estimate of drug-likeness (QED) is 0.696. The zero-order chi connectivity index (χ0) is 14.5. The van der Waals surface area contributed by atoms with E-state index in [0.717, 1.165) is 23.7 Å². The number of fused-ring (bicyclic) bond motifs is 3. The molecular formula is C19H28N2O. The third-order valence-corrected chi connectivity index (χ3v) is 8.48. The molecule has 8 fully saturated rings. The molecule has 0 N–H and O–H groups in total. The average molecular weight is 300 g/mol. The van der Waals surface area contributed by atoms with Crippen molar-refractivity contribution in [3.8, 4) is 0 Å². The van der Waals surface area contributed by atoms with Crippen LogP contribution in [0.3, 0.4) is 0 Å². The van der Waals surface area contributed by atoms with E-state index in [-0.39, 0.29) is 11.1 Å². The molecule has 3 heteroatoms. The SMILES string of the molecule is O=C1N(C23CCC(CC2)CC3)N1C12CC3CC(CC(C3)C1)C2. The molecule has 8 rings (SSSR count). The number of amides is 2. The van der Waals surface area contributed by atoms with Crippen LogP contribution in [-0.4, -0.2) is 27.1 Å². The molecule has 0 aromatic rings. The summed E-state index contributed by atoms with van der Waals surface area (Å²) in [5.41, 5.74) is 0.504. The first kappa shape index (κ1) is 12.7. The molecule has 0 aromatic heterocycles. The van der Waals surface area contributed by atoms with Crippen LogP contribution in [0, 0.1) is 23.7 Å². The highest BCUT2D eigenvalue weighted by Gasteiger charge is 2.68. The maximum absolute atomic E-state index is 12.9. The van der Waals surface area contributed by atoms with Gasteiger partial charge in [-0.05, 0) is 101 Å². The first-order valence-corrected chi connectivity index (χ1v) is 9.82. The summed E-state index contributed by atoms with van der Waals surface area (Å²) >= 11 is 0. The number of nitrogens with zero attached hydrogens (tertiary/aromatic N) is 2. The molecule has 120 valence electrons. The van der Waals surface area contributed by atoms with Gasteiger partial charge in [-0.1, -0.05) is 0 Å². The topological polar surface area (TPSA) is 23.1 Å². The van der Waals surface area contributed by atoms with E-state index in [9.17, 15) is 4.79 Å². The van der Waals surface area contributed by atoms with Gasteiger partial charge in [0.2, 0.25) is 0 Å². The largest absolute Gasteiger partial charge is 0.358 e. The second-order valence-corrected chi connectivity index (χ2v) is 9.75. The van der Waals surface area contributed by atoms with Crippen molar-refractivity contribution in [1.29, 1.82) is 0 Å². The van der Waals surface area contributed by atoms with Crippen LogP contribution in [0.2, 0.25) is 0 Å². The molecule has 22 heavy (non-hydrogen) atoms. The van der Waals surface area contributed by atoms with Crippen molar-refractivity contribution in [2.45, 2.75) is 88.1 Å². The Morgan fingerprint density at radius 1 is 0.682 bits per heavy atom. The Balaban J connectivity index is 1.32. The van der Waals surface area contributed by atoms with E-state index in [2.05, 4.69) is 10.0 Å². The number of hydrogen-bond acceptors (Lipinski definition) is 1. The van der Waals surface area contributed by atoms with Crippen LogP contribution in [-0.2, 0) is 0 Å². The maximum Gasteiger partial charge on any atom is 0.358 e. The highest BCUT2D eigenvalue weighted by molar-refractivity contribution is 5.88. The van der Waals surface area contributed by atoms with E-state index < -0.39 is 0 Å². The monoisotopic (exact) mass is 300 g/mol. The Morgan fingerprint density at radius 2 is 1.14 bits per heavy atom. The van der Waals surface area contributed by atoms with Gasteiger partial charge in [0.25, 0.3) is 0 Å². The summed E-state index contributed by atoms with van der Waals surface area (Å²) in [5.74, 6) is 3.77. The molecule has 0 aromatic carbocycles. The van der Waals surface area contributed by atoms with Gasteiger partial charge in [-0.2, -0.15) is 0 Å². The van der Waals surface area contributed by atoms with Crippen molar-refractivity contribution in [3.63, 3.8) is 0 Å². The minimum absolute atomic E-state index is 0.245. The first-order chi connectivity index (χ1) is 10.7. The van der Waals surface area contributed by atoms with Crippen LogP contribution in [0.1, 0.15) is 77.0 Å². The second kappa shape index (κ2) is 3.84. The van der Waals surface area contributed by atoms with E-state index in [0.29, 0.717) is 6.03 Å². The number of carbonyl (C=O) groups is 1. The zero-order valence-corrected chi connectivity index (χ0v) is 13.6. The van der Waals surface area contributed by atoms with E-state index in [1.165, 1.54) is 77.0 Å². The average Bonchev–Trinajstić information content (AvgIpc) is 3.21. The Kier molecular flexibility index (Phi) is 2.21. The Labute approximate surface area is 133 Å². The second-order valence-electron chi connectivity index (χ2n) is 9.75. The Bertz CT molecular complexity index is 484. The van der Waals surface area contributed by atoms with E-state index >= 15 is 0 Å². The number of urea groups is 1. The zero-order valence-electron chi connectivity index (χ0n) is 13.6. The number of hydrazine groups is 1. The minimum atomic E-state index is 0.245. The Hall–Kier alpha value is -0.730. The van der Waals surface area contributed by atoms with Crippen LogP contribution < -0.4 is 0 Å². The molecule has 1 saturated heterocycles. The Morgan fingerprint density at radius 3 is 1.64 bits per heavy atom. The summed E-state index contributed by atoms with van der Waals surface area (Å²) in [4.78, 5) is 12.9. The lowest BCUT2D eigenvalue weighted by atomic mass is 9.53. The minimum Gasteiger partial charge on any atom is -0.244 e. The van der Waals surface area contributed by atoms with Gasteiger partial charge in [0.1, 0.15) is 0 Å². The van der Waals surface area contributed by atoms with Crippen LogP contribution in [0.5, 0.6) is 0 Å². The standard InChI is InChI=1S/C19H28N2O/c22-17-20(18-4-1-13(2-5-18)3-6-18)21(17)19-10-14-7-15(11-19)9-16(8-14)12-19/h13-16H,1-12H2. The smallest absolute Gasteiger partial charge is 0.244 e. The molecule has 2 amide bonds. The maximum atomic E-state index is 12.9. The van der Waals surface area contributed by atoms with Crippen molar-refractivity contribution >= 4 is 6.03 Å². The summed E-state index contributed by atoms with van der Waals surface area (Å²) < 4.78 is 0. The van der Waals surface area contributed by atoms with Gasteiger partial charge >= 0.3 is 6.03 Å². The van der Waals surface area contributed by atoms with E-state index in [1.807, 2.05) is 0 Å². The number of carbonyl (C=O) groups excluding carboxylic acids is 1. The highest BCUT2D eigenvalue weighted by Crippen LogP contribution is 2.62. The van der Waals surface area contributed by atoms with Gasteiger partial charge < -0.3 is 0 Å². The molecule has 8 aliphatic rings. The van der Waals surface area contributed by atoms with Gasteiger partial charge in [0.15, 0.2) is 0 Å². The molecule has 7 saturated carbocycles. The van der Waals surface area contributed by atoms with Crippen molar-refractivity contribution in [1.82, 2.24) is 10.0 Å². The van der Waals surface area contributed by atoms with Gasteiger partial charge in [-0.25, -0.2) is 14.8 Å². The normalized spacial score (nSPS) is 55.2. The third kappa shape index (κ3) is 1.46. The number of rotatable bonds is 2. The first-order valence-electron chi connectivity index (χ1n) is 9.82. The molecule has 0 unspecified atom stereocenters. The van der Waals surface area contributed by atoms with Gasteiger partial charge in [0, 0.05) is 0 Å². The molecule has 3 nitrogen and oxygen atoms in total. The summed E-state index contributed by atoms with van der Waals surface area (Å²) in [7, 11) is 0. The third-order valence-electron chi connectivity index (χ3n) is 8.48. The highest BCUT2D eigenvalue weighted by atomic mass is 16.2. The summed E-state index contributed by atoms with van der Waals surface area (Å²) in [6, 6.07) is 0.405. The molecule has 1 aliphatic heterocycles. The van der Waals surface area contributed by atoms with Crippen LogP contribution >= 0.6 is 0 Å². The fourth-order valence-electron chi connectivity index (χ4n) is 7.83. The molecule has 0 radical (unpaired) electrons. The lowest BCUT2D eigenvalue weighted by molar-refractivity contribution is -0.0971. The molecule has 0 atom stereocenters. The molecule has 1 heterocycles. The molecule has 6 bridgehead atoms. The molecular weight excluding hydrogens is 272 g/mol. The van der Waals surface area contributed by atoms with Crippen LogP contribution in [0.25, 0.3) is 0 Å². The van der Waals surface area contributed by atoms with Crippen molar-refractivity contribution in [2.75, 3.05) is 0 Å². The lowest BCUT2D eigenvalue weighted by Crippen LogP contribution is -2.57. The van der Waals surface area contributed by atoms with E-state index in [1.54, 1.807) is 0 Å². The van der Waals surface area contributed by atoms with E-state index in [4.69, 9.17) is 0 Å². The fourth-order valence-corrected chi connectivity index (χ4v) is 7.83. The lowest BCUT2D eigenvalue weighted by Gasteiger charge is -2.57. The van der Waals surface area contributed by atoms with Crippen molar-refractivity contribution in [2.24, 2.45) is 23.7 Å². The fraction of sp³-hybridized carbons (Fsp3) is 0.947. The predicted molar refractivity (Wildman–Crippen MR) is 83.9 cm³/mol. The predicted octanol–water partition coefficient (Wildman–Crippen LogP) is 4.33. The summed E-state index contributed by atoms with van der Waals surface area (Å²) in [6.45, 7) is 0.